The maximum atomic E-state index is 12.9. The first kappa shape index (κ1) is 15.9. The van der Waals surface area contributed by atoms with Gasteiger partial charge in [0.15, 0.2) is 0 Å². The van der Waals surface area contributed by atoms with Gasteiger partial charge < -0.3 is 20.1 Å². The van der Waals surface area contributed by atoms with Crippen molar-refractivity contribution in [3.05, 3.63) is 28.5 Å². The molecule has 0 fully saturated rings. The van der Waals surface area contributed by atoms with E-state index in [4.69, 9.17) is 4.74 Å². The van der Waals surface area contributed by atoms with Crippen molar-refractivity contribution < 1.29 is 19.0 Å². The minimum absolute atomic E-state index is 0.137. The molecule has 1 aromatic carbocycles. The Morgan fingerprint density at radius 3 is 2.89 bits per heavy atom. The standard InChI is InChI=1S/C12H16BrFN2O3/c1-16(6-9(17)7-19-2)12(18)15-11-4-3-8(14)5-10(11)13/h3-5,9,17H,6-7H2,1-2H3,(H,15,18). The van der Waals surface area contributed by atoms with Crippen LogP contribution in [0.1, 0.15) is 0 Å². The predicted molar refractivity (Wildman–Crippen MR) is 73.6 cm³/mol. The molecule has 19 heavy (non-hydrogen) atoms. The molecule has 0 saturated carbocycles. The number of anilines is 1. The molecule has 0 aliphatic heterocycles. The van der Waals surface area contributed by atoms with Crippen molar-refractivity contribution in [1.82, 2.24) is 4.90 Å². The molecule has 106 valence electrons. The SMILES string of the molecule is COCC(O)CN(C)C(=O)Nc1ccc(F)cc1Br. The number of amides is 2. The van der Waals surface area contributed by atoms with Crippen LogP contribution in [-0.2, 0) is 4.74 Å². The Bertz CT molecular complexity index is 445. The molecule has 7 heteroatoms. The highest BCUT2D eigenvalue weighted by Gasteiger charge is 2.14. The second kappa shape index (κ2) is 7.42. The molecule has 2 N–H and O–H groups in total. The van der Waals surface area contributed by atoms with Crippen LogP contribution in [0.3, 0.4) is 0 Å². The minimum Gasteiger partial charge on any atom is -0.389 e. The van der Waals surface area contributed by atoms with E-state index in [1.54, 1.807) is 7.05 Å². The summed E-state index contributed by atoms with van der Waals surface area (Å²) in [5, 5.41) is 12.1. The first-order chi connectivity index (χ1) is 8.93. The lowest BCUT2D eigenvalue weighted by Crippen LogP contribution is -2.38. The van der Waals surface area contributed by atoms with Gasteiger partial charge in [0.05, 0.1) is 24.9 Å². The summed E-state index contributed by atoms with van der Waals surface area (Å²) in [4.78, 5) is 13.2. The van der Waals surface area contributed by atoms with Crippen molar-refractivity contribution >= 4 is 27.6 Å². The third kappa shape index (κ3) is 5.14. The summed E-state index contributed by atoms with van der Waals surface area (Å²) in [6, 6.07) is 3.56. The summed E-state index contributed by atoms with van der Waals surface area (Å²) in [5.74, 6) is -0.395. The fourth-order valence-corrected chi connectivity index (χ4v) is 1.90. The van der Waals surface area contributed by atoms with Crippen LogP contribution in [-0.4, -0.2) is 49.5 Å². The van der Waals surface area contributed by atoms with Crippen LogP contribution in [0, 0.1) is 5.82 Å². The van der Waals surface area contributed by atoms with Crippen molar-refractivity contribution in [2.45, 2.75) is 6.10 Å². The van der Waals surface area contributed by atoms with Crippen LogP contribution in [0.25, 0.3) is 0 Å². The first-order valence-electron chi connectivity index (χ1n) is 5.58. The van der Waals surface area contributed by atoms with Gasteiger partial charge in [-0.15, -0.1) is 0 Å². The van der Waals surface area contributed by atoms with Crippen LogP contribution in [0.5, 0.6) is 0 Å². The number of aliphatic hydroxyl groups excluding tert-OH is 1. The molecular formula is C12H16BrFN2O3. The molecule has 0 spiro atoms. The molecule has 0 radical (unpaired) electrons. The van der Waals surface area contributed by atoms with Crippen LogP contribution in [0.4, 0.5) is 14.9 Å². The first-order valence-corrected chi connectivity index (χ1v) is 6.37. The van der Waals surface area contributed by atoms with E-state index in [2.05, 4.69) is 21.2 Å². The average molecular weight is 335 g/mol. The third-order valence-electron chi connectivity index (χ3n) is 2.36. The van der Waals surface area contributed by atoms with E-state index in [1.807, 2.05) is 0 Å². The highest BCUT2D eigenvalue weighted by molar-refractivity contribution is 9.10. The van der Waals surface area contributed by atoms with E-state index in [9.17, 15) is 14.3 Å². The van der Waals surface area contributed by atoms with Crippen LogP contribution < -0.4 is 5.32 Å². The average Bonchev–Trinajstić information content (AvgIpc) is 2.32. The Hall–Kier alpha value is -1.18. The Kier molecular flexibility index (Phi) is 6.20. The van der Waals surface area contributed by atoms with Gasteiger partial charge in [0.2, 0.25) is 0 Å². The second-order valence-corrected chi connectivity index (χ2v) is 4.90. The van der Waals surface area contributed by atoms with E-state index >= 15 is 0 Å². The summed E-state index contributed by atoms with van der Waals surface area (Å²) in [5.41, 5.74) is 0.458. The van der Waals surface area contributed by atoms with Crippen molar-refractivity contribution in [3.63, 3.8) is 0 Å². The highest BCUT2D eigenvalue weighted by atomic mass is 79.9. The number of ether oxygens (including phenoxy) is 1. The smallest absolute Gasteiger partial charge is 0.321 e. The number of aliphatic hydroxyl groups is 1. The molecule has 1 rings (SSSR count). The van der Waals surface area contributed by atoms with Gasteiger partial charge >= 0.3 is 6.03 Å². The molecule has 1 aromatic rings. The molecule has 1 atom stereocenters. The van der Waals surface area contributed by atoms with Gasteiger partial charge in [-0.1, -0.05) is 0 Å². The summed E-state index contributed by atoms with van der Waals surface area (Å²) in [6.07, 6.45) is -0.752. The minimum atomic E-state index is -0.752. The largest absolute Gasteiger partial charge is 0.389 e. The lowest BCUT2D eigenvalue weighted by atomic mass is 10.3. The number of carbonyl (C=O) groups is 1. The molecule has 0 aliphatic rings. The molecule has 0 aliphatic carbocycles. The Balaban J connectivity index is 2.58. The molecule has 5 nitrogen and oxygen atoms in total. The van der Waals surface area contributed by atoms with E-state index in [0.29, 0.717) is 10.2 Å². The Morgan fingerprint density at radius 2 is 2.32 bits per heavy atom. The fourth-order valence-electron chi connectivity index (χ4n) is 1.45. The fraction of sp³-hybridized carbons (Fsp3) is 0.417. The van der Waals surface area contributed by atoms with Gasteiger partial charge in [-0.25, -0.2) is 9.18 Å². The van der Waals surface area contributed by atoms with Gasteiger partial charge in [-0.3, -0.25) is 0 Å². The van der Waals surface area contributed by atoms with Crippen molar-refractivity contribution in [3.8, 4) is 0 Å². The predicted octanol–water partition coefficient (Wildman–Crippen LogP) is 2.06. The number of halogens is 2. The van der Waals surface area contributed by atoms with Crippen LogP contribution >= 0.6 is 15.9 Å². The summed E-state index contributed by atoms with van der Waals surface area (Å²) in [7, 11) is 3.02. The lowest BCUT2D eigenvalue weighted by molar-refractivity contribution is 0.0501. The number of hydrogen-bond donors (Lipinski definition) is 2. The lowest BCUT2D eigenvalue weighted by Gasteiger charge is -2.21. The van der Waals surface area contributed by atoms with Crippen molar-refractivity contribution in [1.29, 1.82) is 0 Å². The summed E-state index contributed by atoms with van der Waals surface area (Å²) >= 11 is 3.16. The number of rotatable bonds is 5. The van der Waals surface area contributed by atoms with E-state index in [-0.39, 0.29) is 13.2 Å². The molecular weight excluding hydrogens is 319 g/mol. The number of nitrogens with zero attached hydrogens (tertiary/aromatic N) is 1. The zero-order chi connectivity index (χ0) is 14.4. The van der Waals surface area contributed by atoms with E-state index in [0.717, 1.165) is 0 Å². The third-order valence-corrected chi connectivity index (χ3v) is 3.02. The molecule has 0 saturated heterocycles. The Labute approximate surface area is 119 Å². The number of likely N-dealkylation sites (N-methyl/N-ethyl adjacent to an activating group) is 1. The number of carbonyl (C=O) groups excluding carboxylic acids is 1. The monoisotopic (exact) mass is 334 g/mol. The van der Waals surface area contributed by atoms with Crippen LogP contribution in [0.2, 0.25) is 0 Å². The quantitative estimate of drug-likeness (QED) is 0.866. The maximum absolute atomic E-state index is 12.9. The van der Waals surface area contributed by atoms with Crippen LogP contribution in [0.15, 0.2) is 22.7 Å². The number of nitrogens with one attached hydrogen (secondary N) is 1. The van der Waals surface area contributed by atoms with Gasteiger partial charge in [-0.05, 0) is 34.1 Å². The Morgan fingerprint density at radius 1 is 1.63 bits per heavy atom. The van der Waals surface area contributed by atoms with Gasteiger partial charge in [0.25, 0.3) is 0 Å². The molecule has 2 amide bonds. The van der Waals surface area contributed by atoms with Gasteiger partial charge in [0.1, 0.15) is 5.82 Å². The summed E-state index contributed by atoms with van der Waals surface area (Å²) in [6.45, 7) is 0.288. The molecule has 0 aromatic heterocycles. The summed E-state index contributed by atoms with van der Waals surface area (Å²) < 4.78 is 18.1. The van der Waals surface area contributed by atoms with Gasteiger partial charge in [-0.2, -0.15) is 0 Å². The molecule has 0 bridgehead atoms. The van der Waals surface area contributed by atoms with Crippen molar-refractivity contribution in [2.75, 3.05) is 32.6 Å². The number of methoxy groups -OCH3 is 1. The zero-order valence-corrected chi connectivity index (χ0v) is 12.3. The second-order valence-electron chi connectivity index (χ2n) is 4.04. The molecule has 0 heterocycles. The topological polar surface area (TPSA) is 61.8 Å². The number of benzene rings is 1. The highest BCUT2D eigenvalue weighted by Crippen LogP contribution is 2.23. The van der Waals surface area contributed by atoms with E-state index in [1.165, 1.54) is 30.2 Å². The van der Waals surface area contributed by atoms with Crippen molar-refractivity contribution in [2.24, 2.45) is 0 Å². The number of hydrogen-bond acceptors (Lipinski definition) is 3. The zero-order valence-electron chi connectivity index (χ0n) is 10.7. The maximum Gasteiger partial charge on any atom is 0.321 e. The molecule has 1 unspecified atom stereocenters. The van der Waals surface area contributed by atoms with Gasteiger partial charge in [0, 0.05) is 18.6 Å². The number of urea groups is 1. The normalized spacial score (nSPS) is 12.1. The van der Waals surface area contributed by atoms with E-state index < -0.39 is 18.0 Å².